The van der Waals surface area contributed by atoms with Crippen molar-refractivity contribution < 1.29 is 9.18 Å². The van der Waals surface area contributed by atoms with Crippen molar-refractivity contribution in [1.82, 2.24) is 14.8 Å². The third-order valence-electron chi connectivity index (χ3n) is 4.50. The van der Waals surface area contributed by atoms with Gasteiger partial charge >= 0.3 is 0 Å². The minimum absolute atomic E-state index is 0.0898. The molecule has 4 rings (SSSR count). The van der Waals surface area contributed by atoms with Gasteiger partial charge in [0.05, 0.1) is 16.5 Å². The van der Waals surface area contributed by atoms with Crippen LogP contribution in [0.5, 0.6) is 0 Å². The van der Waals surface area contributed by atoms with E-state index in [0.717, 1.165) is 22.9 Å². The molecule has 0 radical (unpaired) electrons. The van der Waals surface area contributed by atoms with Gasteiger partial charge in [-0.05, 0) is 37.3 Å². The quantitative estimate of drug-likeness (QED) is 0.377. The normalized spacial score (nSPS) is 10.8. The second-order valence-electron chi connectivity index (χ2n) is 6.80. The summed E-state index contributed by atoms with van der Waals surface area (Å²) in [7, 11) is 0. The van der Waals surface area contributed by atoms with E-state index in [9.17, 15) is 9.18 Å². The number of thioether (sulfide) groups is 1. The van der Waals surface area contributed by atoms with Crippen LogP contribution in [-0.4, -0.2) is 26.4 Å². The van der Waals surface area contributed by atoms with Gasteiger partial charge < -0.3 is 5.32 Å². The van der Waals surface area contributed by atoms with E-state index in [1.165, 1.54) is 23.9 Å². The molecule has 0 atom stereocenters. The Bertz CT molecular complexity index is 1210. The number of nitrogens with one attached hydrogen (secondary N) is 1. The van der Waals surface area contributed by atoms with Gasteiger partial charge in [0.1, 0.15) is 5.82 Å². The molecule has 0 spiro atoms. The van der Waals surface area contributed by atoms with Gasteiger partial charge in [-0.1, -0.05) is 71.4 Å². The Morgan fingerprint density at radius 3 is 2.52 bits per heavy atom. The highest BCUT2D eigenvalue weighted by molar-refractivity contribution is 7.99. The van der Waals surface area contributed by atoms with Gasteiger partial charge in [0.15, 0.2) is 11.0 Å². The molecule has 0 aliphatic rings. The first-order valence-corrected chi connectivity index (χ1v) is 10.8. The number of hydrogen-bond donors (Lipinski definition) is 1. The first-order valence-electron chi connectivity index (χ1n) is 9.47. The van der Waals surface area contributed by atoms with Crippen LogP contribution in [0.15, 0.2) is 78.0 Å². The fourth-order valence-electron chi connectivity index (χ4n) is 2.97. The van der Waals surface area contributed by atoms with Gasteiger partial charge in [-0.15, -0.1) is 10.2 Å². The number of halogens is 2. The number of hydrogen-bond acceptors (Lipinski definition) is 4. The molecule has 1 aromatic heterocycles. The zero-order chi connectivity index (χ0) is 21.8. The zero-order valence-corrected chi connectivity index (χ0v) is 18.1. The Balaban J connectivity index is 1.58. The highest BCUT2D eigenvalue weighted by atomic mass is 35.5. The monoisotopic (exact) mass is 452 g/mol. The van der Waals surface area contributed by atoms with Gasteiger partial charge in [-0.2, -0.15) is 0 Å². The molecule has 1 N–H and O–H groups in total. The molecule has 0 saturated carbocycles. The van der Waals surface area contributed by atoms with Crippen LogP contribution in [0.4, 0.5) is 10.1 Å². The summed E-state index contributed by atoms with van der Waals surface area (Å²) in [5.41, 5.74) is 3.32. The number of amides is 1. The Morgan fingerprint density at radius 2 is 1.81 bits per heavy atom. The standard InChI is InChI=1S/C23H18ClFN4OS/c1-15-7-10-18(11-8-15)29-22(16-5-3-2-4-6-16)27-28-23(29)31-14-21(30)26-20-12-9-17(25)13-19(20)24/h2-13H,14H2,1H3,(H,26,30). The average Bonchev–Trinajstić information content (AvgIpc) is 3.19. The van der Waals surface area contributed by atoms with E-state index in [4.69, 9.17) is 11.6 Å². The van der Waals surface area contributed by atoms with E-state index < -0.39 is 5.82 Å². The molecule has 31 heavy (non-hydrogen) atoms. The number of rotatable bonds is 6. The number of carbonyl (C=O) groups excluding carboxylic acids is 1. The highest BCUT2D eigenvalue weighted by Gasteiger charge is 2.17. The van der Waals surface area contributed by atoms with E-state index in [1.54, 1.807) is 0 Å². The summed E-state index contributed by atoms with van der Waals surface area (Å²) in [5.74, 6) is 0.0381. The van der Waals surface area contributed by atoms with E-state index in [2.05, 4.69) is 15.5 Å². The van der Waals surface area contributed by atoms with Crippen molar-refractivity contribution in [3.8, 4) is 17.1 Å². The maximum Gasteiger partial charge on any atom is 0.234 e. The van der Waals surface area contributed by atoms with Crippen LogP contribution >= 0.6 is 23.4 Å². The Labute approximate surface area is 188 Å². The minimum atomic E-state index is -0.461. The average molecular weight is 453 g/mol. The Kier molecular flexibility index (Phi) is 6.34. The summed E-state index contributed by atoms with van der Waals surface area (Å²) in [4.78, 5) is 12.5. The molecule has 0 unspecified atom stereocenters. The SMILES string of the molecule is Cc1ccc(-n2c(SCC(=O)Nc3ccc(F)cc3Cl)nnc2-c2ccccc2)cc1. The number of nitrogens with zero attached hydrogens (tertiary/aromatic N) is 3. The summed E-state index contributed by atoms with van der Waals surface area (Å²) in [6.07, 6.45) is 0. The van der Waals surface area contributed by atoms with Crippen molar-refractivity contribution in [2.75, 3.05) is 11.1 Å². The lowest BCUT2D eigenvalue weighted by molar-refractivity contribution is -0.113. The lowest BCUT2D eigenvalue weighted by Crippen LogP contribution is -2.15. The van der Waals surface area contributed by atoms with Gasteiger partial charge in [0.25, 0.3) is 0 Å². The molecule has 0 bridgehead atoms. The molecule has 1 amide bonds. The van der Waals surface area contributed by atoms with E-state index in [0.29, 0.717) is 16.7 Å². The first kappa shape index (κ1) is 21.1. The van der Waals surface area contributed by atoms with Crippen molar-refractivity contribution in [3.63, 3.8) is 0 Å². The lowest BCUT2D eigenvalue weighted by Gasteiger charge is -2.11. The molecule has 0 aliphatic heterocycles. The molecule has 156 valence electrons. The van der Waals surface area contributed by atoms with Crippen LogP contribution in [0, 0.1) is 12.7 Å². The van der Waals surface area contributed by atoms with E-state index in [-0.39, 0.29) is 16.7 Å². The molecule has 3 aromatic carbocycles. The Morgan fingerprint density at radius 1 is 1.06 bits per heavy atom. The maximum atomic E-state index is 13.2. The second kappa shape index (κ2) is 9.32. The van der Waals surface area contributed by atoms with Crippen LogP contribution in [0.3, 0.4) is 0 Å². The number of anilines is 1. The predicted molar refractivity (Wildman–Crippen MR) is 122 cm³/mol. The maximum absolute atomic E-state index is 13.2. The van der Waals surface area contributed by atoms with Crippen LogP contribution in [0.2, 0.25) is 5.02 Å². The van der Waals surface area contributed by atoms with Crippen molar-refractivity contribution >= 4 is 35.0 Å². The van der Waals surface area contributed by atoms with Gasteiger partial charge in [0, 0.05) is 11.3 Å². The molecule has 0 aliphatic carbocycles. The van der Waals surface area contributed by atoms with Gasteiger partial charge in [-0.3, -0.25) is 9.36 Å². The molecule has 1 heterocycles. The molecule has 5 nitrogen and oxygen atoms in total. The largest absolute Gasteiger partial charge is 0.324 e. The lowest BCUT2D eigenvalue weighted by atomic mass is 10.2. The predicted octanol–water partition coefficient (Wildman–Crippen LogP) is 5.77. The van der Waals surface area contributed by atoms with E-state index in [1.807, 2.05) is 66.1 Å². The number of aromatic nitrogens is 3. The summed E-state index contributed by atoms with van der Waals surface area (Å²) in [5, 5.41) is 12.1. The van der Waals surface area contributed by atoms with Crippen LogP contribution in [0.1, 0.15) is 5.56 Å². The topological polar surface area (TPSA) is 59.8 Å². The summed E-state index contributed by atoms with van der Waals surface area (Å²) in [6, 6.07) is 21.6. The molecule has 0 fully saturated rings. The van der Waals surface area contributed by atoms with Gasteiger partial charge in [0.2, 0.25) is 5.91 Å². The molecular weight excluding hydrogens is 435 g/mol. The van der Waals surface area contributed by atoms with Crippen molar-refractivity contribution in [2.45, 2.75) is 12.1 Å². The number of aryl methyl sites for hydroxylation is 1. The van der Waals surface area contributed by atoms with Crippen LogP contribution in [0.25, 0.3) is 17.1 Å². The van der Waals surface area contributed by atoms with Crippen molar-refractivity contribution in [2.24, 2.45) is 0 Å². The minimum Gasteiger partial charge on any atom is -0.324 e. The number of carbonyl (C=O) groups is 1. The first-order chi connectivity index (χ1) is 15.0. The highest BCUT2D eigenvalue weighted by Crippen LogP contribution is 2.28. The van der Waals surface area contributed by atoms with Crippen LogP contribution < -0.4 is 5.32 Å². The third kappa shape index (κ3) is 4.95. The smallest absolute Gasteiger partial charge is 0.234 e. The fourth-order valence-corrected chi connectivity index (χ4v) is 3.94. The number of benzene rings is 3. The molecule has 4 aromatic rings. The third-order valence-corrected chi connectivity index (χ3v) is 5.74. The summed E-state index contributed by atoms with van der Waals surface area (Å²) < 4.78 is 15.1. The van der Waals surface area contributed by atoms with E-state index >= 15 is 0 Å². The summed E-state index contributed by atoms with van der Waals surface area (Å²) in [6.45, 7) is 2.02. The molecular formula is C23H18ClFN4OS. The second-order valence-corrected chi connectivity index (χ2v) is 8.15. The Hall–Kier alpha value is -3.16. The molecule has 8 heteroatoms. The van der Waals surface area contributed by atoms with Crippen LogP contribution in [-0.2, 0) is 4.79 Å². The zero-order valence-electron chi connectivity index (χ0n) is 16.5. The van der Waals surface area contributed by atoms with Crippen molar-refractivity contribution in [1.29, 1.82) is 0 Å². The van der Waals surface area contributed by atoms with Gasteiger partial charge in [-0.25, -0.2) is 4.39 Å². The molecule has 0 saturated heterocycles. The fraction of sp³-hybridized carbons (Fsp3) is 0.0870. The van der Waals surface area contributed by atoms with Crippen molar-refractivity contribution in [3.05, 3.63) is 89.2 Å². The summed E-state index contributed by atoms with van der Waals surface area (Å²) >= 11 is 7.25.